The molecule has 0 saturated carbocycles. The second-order valence-corrected chi connectivity index (χ2v) is 6.59. The van der Waals surface area contributed by atoms with E-state index in [0.29, 0.717) is 27.9 Å². The van der Waals surface area contributed by atoms with Crippen LogP contribution in [0, 0.1) is 24.2 Å². The van der Waals surface area contributed by atoms with Crippen molar-refractivity contribution in [2.45, 2.75) is 18.7 Å². The highest BCUT2D eigenvalue weighted by atomic mass is 35.5. The Labute approximate surface area is 144 Å². The summed E-state index contributed by atoms with van der Waals surface area (Å²) in [7, 11) is 1.69. The van der Waals surface area contributed by atoms with Crippen molar-refractivity contribution in [1.29, 1.82) is 5.26 Å². The predicted molar refractivity (Wildman–Crippen MR) is 92.9 cm³/mol. The first-order valence-electron chi connectivity index (χ1n) is 7.06. The molecule has 0 bridgehead atoms. The van der Waals surface area contributed by atoms with Crippen LogP contribution < -0.4 is 5.32 Å². The minimum atomic E-state index is -0.290. The maximum atomic E-state index is 12.5. The lowest BCUT2D eigenvalue weighted by Crippen LogP contribution is -2.14. The van der Waals surface area contributed by atoms with Crippen LogP contribution >= 0.6 is 23.4 Å². The third kappa shape index (κ3) is 4.06. The number of thioether (sulfide) groups is 1. The summed E-state index contributed by atoms with van der Waals surface area (Å²) < 4.78 is 1.47. The van der Waals surface area contributed by atoms with Crippen molar-refractivity contribution < 1.29 is 4.79 Å². The van der Waals surface area contributed by atoms with Crippen molar-refractivity contribution in [3.63, 3.8) is 0 Å². The van der Waals surface area contributed by atoms with E-state index >= 15 is 0 Å². The van der Waals surface area contributed by atoms with Gasteiger partial charge in [-0.15, -0.1) is 11.8 Å². The number of amides is 1. The van der Waals surface area contributed by atoms with Crippen LogP contribution in [0.15, 0.2) is 29.2 Å². The van der Waals surface area contributed by atoms with Crippen molar-refractivity contribution in [3.05, 3.63) is 40.7 Å². The molecule has 1 amide bonds. The van der Waals surface area contributed by atoms with Gasteiger partial charge >= 0.3 is 0 Å². The second kappa shape index (κ2) is 7.53. The first-order chi connectivity index (χ1) is 10.9. The largest absolute Gasteiger partial charge is 0.321 e. The predicted octanol–water partition coefficient (Wildman–Crippen LogP) is 3.89. The van der Waals surface area contributed by atoms with Crippen LogP contribution in [0.25, 0.3) is 0 Å². The summed E-state index contributed by atoms with van der Waals surface area (Å²) in [6, 6.07) is 9.70. The number of benzene rings is 1. The zero-order chi connectivity index (χ0) is 17.0. The Morgan fingerprint density at radius 2 is 2.22 bits per heavy atom. The fourth-order valence-corrected chi connectivity index (χ4v) is 3.23. The van der Waals surface area contributed by atoms with Crippen molar-refractivity contribution in [2.75, 3.05) is 11.1 Å². The van der Waals surface area contributed by atoms with Crippen LogP contribution in [0.1, 0.15) is 23.0 Å². The van der Waals surface area contributed by atoms with E-state index in [1.165, 1.54) is 16.4 Å². The third-order valence-electron chi connectivity index (χ3n) is 3.22. The van der Waals surface area contributed by atoms with Gasteiger partial charge < -0.3 is 5.32 Å². The number of hydrogen-bond acceptors (Lipinski definition) is 4. The fourth-order valence-electron chi connectivity index (χ4n) is 2.02. The normalized spacial score (nSPS) is 11.8. The molecule has 0 unspecified atom stereocenters. The van der Waals surface area contributed by atoms with Crippen molar-refractivity contribution in [3.8, 4) is 6.07 Å². The summed E-state index contributed by atoms with van der Waals surface area (Å²) in [4.78, 5) is 13.4. The highest BCUT2D eigenvalue weighted by Crippen LogP contribution is 2.29. The number of carbonyl (C=O) groups excluding carboxylic acids is 1. The van der Waals surface area contributed by atoms with Gasteiger partial charge in [0.05, 0.1) is 28.9 Å². The lowest BCUT2D eigenvalue weighted by Gasteiger charge is -2.11. The summed E-state index contributed by atoms with van der Waals surface area (Å²) in [6.07, 6.45) is 0. The number of aryl methyl sites for hydroxylation is 2. The van der Waals surface area contributed by atoms with E-state index in [4.69, 9.17) is 16.9 Å². The Hall–Kier alpha value is -1.97. The van der Waals surface area contributed by atoms with E-state index in [-0.39, 0.29) is 11.8 Å². The van der Waals surface area contributed by atoms with Gasteiger partial charge in [-0.1, -0.05) is 23.7 Å². The molecule has 1 N–H and O–H groups in total. The van der Waals surface area contributed by atoms with Crippen LogP contribution in [0.5, 0.6) is 0 Å². The second-order valence-electron chi connectivity index (χ2n) is 5.17. The molecule has 0 aliphatic heterocycles. The Bertz CT molecular complexity index is 766. The van der Waals surface area contributed by atoms with E-state index < -0.39 is 0 Å². The number of nitrogens with one attached hydrogen (secondary N) is 1. The van der Waals surface area contributed by atoms with Crippen LogP contribution in [0.2, 0.25) is 5.15 Å². The number of aromatic nitrogens is 2. The number of hydrogen-bond donors (Lipinski definition) is 1. The maximum Gasteiger partial charge on any atom is 0.260 e. The molecule has 120 valence electrons. The minimum absolute atomic E-state index is 0.0567. The Kier molecular flexibility index (Phi) is 5.69. The van der Waals surface area contributed by atoms with Crippen LogP contribution in [0.4, 0.5) is 5.69 Å². The number of rotatable bonds is 5. The zero-order valence-corrected chi connectivity index (χ0v) is 14.7. The van der Waals surface area contributed by atoms with Gasteiger partial charge in [0.2, 0.25) is 0 Å². The summed E-state index contributed by atoms with van der Waals surface area (Å²) in [6.45, 7) is 3.61. The van der Waals surface area contributed by atoms with Crippen LogP contribution in [-0.4, -0.2) is 21.4 Å². The van der Waals surface area contributed by atoms with Gasteiger partial charge in [-0.25, -0.2) is 0 Å². The maximum absolute atomic E-state index is 12.5. The topological polar surface area (TPSA) is 70.7 Å². The highest BCUT2D eigenvalue weighted by molar-refractivity contribution is 7.99. The highest BCUT2D eigenvalue weighted by Gasteiger charge is 2.20. The van der Waals surface area contributed by atoms with Gasteiger partial charge in [0.25, 0.3) is 5.91 Å². The summed E-state index contributed by atoms with van der Waals surface area (Å²) in [5.74, 6) is 0.316. The van der Waals surface area contributed by atoms with E-state index in [9.17, 15) is 4.79 Å². The summed E-state index contributed by atoms with van der Waals surface area (Å²) in [5, 5.41) is 16.2. The summed E-state index contributed by atoms with van der Waals surface area (Å²) >= 11 is 7.67. The molecule has 1 aromatic heterocycles. The molecule has 0 aliphatic rings. The van der Waals surface area contributed by atoms with Gasteiger partial charge in [0, 0.05) is 17.7 Å². The van der Waals surface area contributed by atoms with E-state index in [1.807, 2.05) is 31.2 Å². The van der Waals surface area contributed by atoms with Crippen LogP contribution in [0.3, 0.4) is 0 Å². The Morgan fingerprint density at radius 1 is 1.52 bits per heavy atom. The molecule has 0 radical (unpaired) electrons. The molecule has 1 heterocycles. The number of para-hydroxylation sites is 1. The van der Waals surface area contributed by atoms with Gasteiger partial charge in [-0.2, -0.15) is 10.4 Å². The molecular formula is C16H17ClN4OS. The molecule has 0 aliphatic carbocycles. The molecule has 2 rings (SSSR count). The molecule has 23 heavy (non-hydrogen) atoms. The standard InChI is InChI=1S/C16H17ClN4OS/c1-10(8-18)9-23-13-7-5-4-6-12(13)19-16(22)14-11(2)20-21(3)15(14)17/h4-7,10H,9H2,1-3H3,(H,19,22)/t10-/m1/s1. The first kappa shape index (κ1) is 17.4. The first-order valence-corrected chi connectivity index (χ1v) is 8.42. The quantitative estimate of drug-likeness (QED) is 0.832. The molecule has 7 heteroatoms. The summed E-state index contributed by atoms with van der Waals surface area (Å²) in [5.41, 5.74) is 1.66. The van der Waals surface area contributed by atoms with Gasteiger partial charge in [0.15, 0.2) is 0 Å². The monoisotopic (exact) mass is 348 g/mol. The van der Waals surface area contributed by atoms with Crippen molar-refractivity contribution in [2.24, 2.45) is 13.0 Å². The lowest BCUT2D eigenvalue weighted by molar-refractivity contribution is 0.102. The smallest absolute Gasteiger partial charge is 0.260 e. The molecule has 0 fully saturated rings. The number of nitriles is 1. The average Bonchev–Trinajstić information content (AvgIpc) is 2.78. The molecule has 5 nitrogen and oxygen atoms in total. The molecule has 0 saturated heterocycles. The molecular weight excluding hydrogens is 332 g/mol. The SMILES string of the molecule is Cc1nn(C)c(Cl)c1C(=O)Nc1ccccc1SC[C@H](C)C#N. The van der Waals surface area contributed by atoms with E-state index in [0.717, 1.165) is 4.90 Å². The number of halogens is 1. The van der Waals surface area contributed by atoms with Gasteiger partial charge in [-0.3, -0.25) is 9.48 Å². The average molecular weight is 349 g/mol. The fraction of sp³-hybridized carbons (Fsp3) is 0.312. The molecule has 0 spiro atoms. The molecule has 1 aromatic carbocycles. The Morgan fingerprint density at radius 3 is 2.83 bits per heavy atom. The van der Waals surface area contributed by atoms with Crippen LogP contribution in [-0.2, 0) is 7.05 Å². The number of nitrogens with zero attached hydrogens (tertiary/aromatic N) is 3. The van der Waals surface area contributed by atoms with Gasteiger partial charge in [-0.05, 0) is 26.0 Å². The zero-order valence-electron chi connectivity index (χ0n) is 13.1. The molecule has 2 aromatic rings. The lowest BCUT2D eigenvalue weighted by atomic mass is 10.2. The van der Waals surface area contributed by atoms with Crippen molar-refractivity contribution in [1.82, 2.24) is 9.78 Å². The van der Waals surface area contributed by atoms with E-state index in [2.05, 4.69) is 16.5 Å². The van der Waals surface area contributed by atoms with E-state index in [1.54, 1.807) is 14.0 Å². The van der Waals surface area contributed by atoms with Crippen molar-refractivity contribution >= 4 is 35.0 Å². The number of carbonyl (C=O) groups is 1. The van der Waals surface area contributed by atoms with Gasteiger partial charge in [0.1, 0.15) is 5.15 Å². The minimum Gasteiger partial charge on any atom is -0.321 e. The number of anilines is 1. The Balaban J connectivity index is 2.20. The third-order valence-corrected chi connectivity index (χ3v) is 4.99. The molecule has 1 atom stereocenters.